The van der Waals surface area contributed by atoms with E-state index in [0.717, 1.165) is 49.0 Å². The number of carbonyl (C=O) groups excluding carboxylic acids is 2. The van der Waals surface area contributed by atoms with Crippen molar-refractivity contribution >= 4 is 11.8 Å². The highest BCUT2D eigenvalue weighted by Crippen LogP contribution is 2.33. The molecule has 56 heavy (non-hydrogen) atoms. The van der Waals surface area contributed by atoms with Crippen LogP contribution in [0, 0.1) is 24.5 Å². The molecule has 2 saturated heterocycles. The van der Waals surface area contributed by atoms with E-state index in [-0.39, 0.29) is 46.4 Å². The molecule has 7 heterocycles. The van der Waals surface area contributed by atoms with Gasteiger partial charge < -0.3 is 28.8 Å². The molecule has 292 valence electrons. The molecule has 0 saturated carbocycles. The van der Waals surface area contributed by atoms with Crippen LogP contribution in [-0.4, -0.2) is 88.0 Å². The Morgan fingerprint density at radius 2 is 1.52 bits per heavy atom. The second-order valence-electron chi connectivity index (χ2n) is 13.3. The Bertz CT molecular complexity index is 2320. The zero-order chi connectivity index (χ0) is 39.6. The lowest BCUT2D eigenvalue weighted by atomic mass is 9.97. The highest BCUT2D eigenvalue weighted by Gasteiger charge is 2.34. The molecule has 2 fully saturated rings. The predicted octanol–water partition coefficient (Wildman–Crippen LogP) is 6.70. The van der Waals surface area contributed by atoms with Crippen molar-refractivity contribution in [2.24, 2.45) is 0 Å². The van der Waals surface area contributed by atoms with Crippen molar-refractivity contribution in [2.45, 2.75) is 50.6 Å². The Balaban J connectivity index is 0.000000172. The van der Waals surface area contributed by atoms with E-state index in [9.17, 15) is 35.9 Å². The Morgan fingerprint density at radius 1 is 0.804 bits per heavy atom. The van der Waals surface area contributed by atoms with Gasteiger partial charge in [-0.05, 0) is 69.0 Å². The number of alkyl halides is 3. The molecule has 6 aromatic rings. The third-order valence-electron chi connectivity index (χ3n) is 9.31. The van der Waals surface area contributed by atoms with Crippen LogP contribution in [-0.2, 0) is 6.18 Å². The van der Waals surface area contributed by atoms with Gasteiger partial charge in [-0.15, -0.1) is 0 Å². The third kappa shape index (κ3) is 8.47. The molecule has 0 unspecified atom stereocenters. The van der Waals surface area contributed by atoms with Crippen LogP contribution in [0.25, 0.3) is 23.2 Å². The summed E-state index contributed by atoms with van der Waals surface area (Å²) in [7, 11) is 0. The molecule has 0 bridgehead atoms. The number of hydrogen-bond donors (Lipinski definition) is 2. The van der Waals surface area contributed by atoms with Crippen molar-refractivity contribution in [1.82, 2.24) is 50.0 Å². The molecule has 20 heteroatoms. The first kappa shape index (κ1) is 38.0. The van der Waals surface area contributed by atoms with Gasteiger partial charge in [0.05, 0.1) is 22.7 Å². The van der Waals surface area contributed by atoms with E-state index in [0.29, 0.717) is 62.4 Å². The van der Waals surface area contributed by atoms with Crippen LogP contribution in [0.4, 0.5) is 26.3 Å². The van der Waals surface area contributed by atoms with Crippen molar-refractivity contribution < 1.29 is 45.0 Å². The quantitative estimate of drug-likeness (QED) is 0.137. The molecule has 0 radical (unpaired) electrons. The van der Waals surface area contributed by atoms with E-state index in [1.54, 1.807) is 16.0 Å². The zero-order valence-corrected chi connectivity index (χ0v) is 29.5. The number of hydrogen-bond acceptors (Lipinski definition) is 10. The maximum atomic E-state index is 13.4. The van der Waals surface area contributed by atoms with Gasteiger partial charge in [0.25, 0.3) is 17.7 Å². The topological polar surface area (TPSA) is 176 Å². The van der Waals surface area contributed by atoms with E-state index in [4.69, 9.17) is 9.05 Å². The van der Waals surface area contributed by atoms with Crippen LogP contribution < -0.4 is 0 Å². The van der Waals surface area contributed by atoms with Gasteiger partial charge in [0.1, 0.15) is 5.69 Å². The number of aromatic nitrogens is 8. The maximum absolute atomic E-state index is 13.4. The molecule has 1 aromatic carbocycles. The number of piperidine rings is 2. The van der Waals surface area contributed by atoms with Crippen molar-refractivity contribution in [2.75, 3.05) is 26.2 Å². The van der Waals surface area contributed by atoms with Crippen molar-refractivity contribution in [3.8, 4) is 23.2 Å². The number of aryl methyl sites for hydroxylation is 1. The van der Waals surface area contributed by atoms with Gasteiger partial charge in [-0.2, -0.15) is 27.5 Å². The van der Waals surface area contributed by atoms with Crippen LogP contribution >= 0.6 is 0 Å². The fourth-order valence-corrected chi connectivity index (χ4v) is 6.45. The number of nitrogens with one attached hydrogen (secondary N) is 2. The van der Waals surface area contributed by atoms with Gasteiger partial charge in [0.2, 0.25) is 17.7 Å². The SMILES string of the molecule is Cc1c[nH]c(-c2noc([C@H]3CCCN(C(=O)c4ccc(F)c(F)c4)C3)n2)n1.O=C(c1ccc(F)nc1)N1CCC[C@H](c2noc(-c3cc(C(F)(F)F)c[nH]3)n2)C1. The lowest BCUT2D eigenvalue weighted by molar-refractivity contribution is -0.137. The monoisotopic (exact) mass is 782 g/mol. The minimum atomic E-state index is -4.48. The lowest BCUT2D eigenvalue weighted by Gasteiger charge is -2.31. The van der Waals surface area contributed by atoms with Crippen LogP contribution in [0.1, 0.15) is 81.2 Å². The summed E-state index contributed by atoms with van der Waals surface area (Å²) >= 11 is 0. The van der Waals surface area contributed by atoms with Crippen molar-refractivity contribution in [3.05, 3.63) is 107 Å². The molecule has 2 aliphatic rings. The maximum Gasteiger partial charge on any atom is 0.417 e. The predicted molar refractivity (Wildman–Crippen MR) is 182 cm³/mol. The summed E-state index contributed by atoms with van der Waals surface area (Å²) in [6.45, 7) is 3.59. The van der Waals surface area contributed by atoms with Crippen LogP contribution in [0.5, 0.6) is 0 Å². The second-order valence-corrected chi connectivity index (χ2v) is 13.3. The average molecular weight is 783 g/mol. The zero-order valence-electron chi connectivity index (χ0n) is 29.5. The molecule has 5 aromatic heterocycles. The van der Waals surface area contributed by atoms with Gasteiger partial charge in [-0.1, -0.05) is 10.3 Å². The first-order chi connectivity index (χ1) is 26.8. The Kier molecular flexibility index (Phi) is 10.7. The molecule has 2 aliphatic heterocycles. The van der Waals surface area contributed by atoms with Gasteiger partial charge in [-0.3, -0.25) is 9.59 Å². The standard InChI is InChI=1S/C18H15F4N5O2.C18H17F2N5O2/c19-14-4-3-10(7-24-14)17(28)27-5-1-2-11(9-27)15-25-16(29-26-15)13-6-12(8-23-13)18(20,21)22;1-10-8-21-15(22-10)16-23-17(27-24-16)12-3-2-6-25(9-12)18(26)11-4-5-13(19)14(20)7-11/h3-4,6-8,11,23H,1-2,5,9H2;4-5,7-8,12H,2-3,6,9H2,1H3,(H,21,22)/t11-;12-/m00/s1. The second kappa shape index (κ2) is 15.8. The van der Waals surface area contributed by atoms with E-state index in [1.807, 2.05) is 6.92 Å². The average Bonchev–Trinajstić information content (AvgIpc) is 4.03. The molecule has 14 nitrogen and oxygen atoms in total. The molecule has 2 N–H and O–H groups in total. The molecule has 0 aliphatic carbocycles. The number of amides is 2. The largest absolute Gasteiger partial charge is 0.417 e. The molecule has 0 spiro atoms. The number of rotatable bonds is 6. The Labute approximate surface area is 313 Å². The summed E-state index contributed by atoms with van der Waals surface area (Å²) in [5.41, 5.74) is 0.433. The van der Waals surface area contributed by atoms with E-state index >= 15 is 0 Å². The highest BCUT2D eigenvalue weighted by molar-refractivity contribution is 5.94. The van der Waals surface area contributed by atoms with Crippen LogP contribution in [0.15, 0.2) is 64.0 Å². The number of pyridine rings is 1. The summed E-state index contributed by atoms with van der Waals surface area (Å²) in [4.78, 5) is 50.2. The van der Waals surface area contributed by atoms with Gasteiger partial charge in [0, 0.05) is 56.3 Å². The van der Waals surface area contributed by atoms with Gasteiger partial charge in [0.15, 0.2) is 23.3 Å². The number of halogens is 6. The van der Waals surface area contributed by atoms with Crippen molar-refractivity contribution in [3.63, 3.8) is 0 Å². The summed E-state index contributed by atoms with van der Waals surface area (Å²) in [6, 6.07) is 6.55. The summed E-state index contributed by atoms with van der Waals surface area (Å²) in [5, 5.41) is 7.83. The molecule has 8 rings (SSSR count). The summed E-state index contributed by atoms with van der Waals surface area (Å²) in [5.74, 6) is -2.09. The number of aromatic amines is 2. The number of H-pyrrole nitrogens is 2. The minimum absolute atomic E-state index is 0.0540. The number of benzene rings is 1. The number of nitrogens with zero attached hydrogens (tertiary/aromatic N) is 8. The Hall–Kier alpha value is -6.34. The molecular weight excluding hydrogens is 750 g/mol. The minimum Gasteiger partial charge on any atom is -0.357 e. The fraction of sp³-hybridized carbons (Fsp3) is 0.333. The first-order valence-corrected chi connectivity index (χ1v) is 17.4. The fourth-order valence-electron chi connectivity index (χ4n) is 6.45. The van der Waals surface area contributed by atoms with Gasteiger partial charge >= 0.3 is 6.18 Å². The third-order valence-corrected chi connectivity index (χ3v) is 9.31. The van der Waals surface area contributed by atoms with E-state index < -0.39 is 29.3 Å². The highest BCUT2D eigenvalue weighted by atomic mass is 19.4. The smallest absolute Gasteiger partial charge is 0.357 e. The molecule has 2 amide bonds. The molecular formula is C36H32F6N10O4. The number of carbonyl (C=O) groups is 2. The van der Waals surface area contributed by atoms with Crippen molar-refractivity contribution in [1.29, 1.82) is 0 Å². The lowest BCUT2D eigenvalue weighted by Crippen LogP contribution is -2.39. The normalized spacial score (nSPS) is 17.4. The van der Waals surface area contributed by atoms with Crippen LogP contribution in [0.3, 0.4) is 0 Å². The first-order valence-electron chi connectivity index (χ1n) is 17.4. The summed E-state index contributed by atoms with van der Waals surface area (Å²) < 4.78 is 88.2. The van der Waals surface area contributed by atoms with E-state index in [2.05, 4.69) is 40.2 Å². The van der Waals surface area contributed by atoms with Gasteiger partial charge in [-0.25, -0.2) is 18.7 Å². The number of likely N-dealkylation sites (tertiary alicyclic amines) is 2. The van der Waals surface area contributed by atoms with E-state index in [1.165, 1.54) is 18.3 Å². The number of imidazole rings is 1. The molecule has 2 atom stereocenters. The summed E-state index contributed by atoms with van der Waals surface area (Å²) in [6.07, 6.45) is 2.20. The van der Waals surface area contributed by atoms with Crippen LogP contribution in [0.2, 0.25) is 0 Å². The Morgan fingerprint density at radius 3 is 2.18 bits per heavy atom.